The zero-order valence-corrected chi connectivity index (χ0v) is 16.3. The highest BCUT2D eigenvalue weighted by molar-refractivity contribution is 7.19. The molecule has 1 aromatic carbocycles. The number of hydrogen-bond donors (Lipinski definition) is 3. The molecular formula is C20H24N4O2S. The lowest BCUT2D eigenvalue weighted by Crippen LogP contribution is -2.39. The summed E-state index contributed by atoms with van der Waals surface area (Å²) in [6.07, 6.45) is 1.16. The Balaban J connectivity index is 1.60. The highest BCUT2D eigenvalue weighted by Gasteiger charge is 2.12. The van der Waals surface area contributed by atoms with Crippen LogP contribution in [0.3, 0.4) is 0 Å². The molecule has 27 heavy (non-hydrogen) atoms. The average Bonchev–Trinajstić information content (AvgIpc) is 3.14. The lowest BCUT2D eigenvalue weighted by atomic mass is 10.2. The van der Waals surface area contributed by atoms with E-state index in [2.05, 4.69) is 32.7 Å². The summed E-state index contributed by atoms with van der Waals surface area (Å²) in [4.78, 5) is 9.68. The summed E-state index contributed by atoms with van der Waals surface area (Å²) in [6, 6.07) is 13.9. The maximum Gasteiger partial charge on any atom is 0.212 e. The van der Waals surface area contributed by atoms with Crippen molar-refractivity contribution >= 4 is 27.4 Å². The third-order valence-electron chi connectivity index (χ3n) is 4.01. The first-order valence-electron chi connectivity index (χ1n) is 8.87. The van der Waals surface area contributed by atoms with Crippen LogP contribution in [0, 0.1) is 0 Å². The van der Waals surface area contributed by atoms with Gasteiger partial charge in [-0.3, -0.25) is 0 Å². The van der Waals surface area contributed by atoms with Crippen molar-refractivity contribution in [3.05, 3.63) is 59.1 Å². The first kappa shape index (κ1) is 19.1. The highest BCUT2D eigenvalue weighted by atomic mass is 32.1. The third-order valence-corrected chi connectivity index (χ3v) is 5.22. The second-order valence-electron chi connectivity index (χ2n) is 5.99. The van der Waals surface area contributed by atoms with Gasteiger partial charge in [0.1, 0.15) is 6.10 Å². The van der Waals surface area contributed by atoms with Crippen LogP contribution >= 0.6 is 11.3 Å². The van der Waals surface area contributed by atoms with E-state index in [-0.39, 0.29) is 0 Å². The van der Waals surface area contributed by atoms with Crippen LogP contribution < -0.4 is 15.4 Å². The molecule has 7 heteroatoms. The number of hydrogen-bond acceptors (Lipinski definition) is 5. The number of aliphatic hydroxyl groups excluding tert-OH is 1. The number of nitrogens with one attached hydrogen (secondary N) is 2. The van der Waals surface area contributed by atoms with Crippen molar-refractivity contribution in [2.24, 2.45) is 4.99 Å². The number of pyridine rings is 1. The molecule has 0 radical (unpaired) electrons. The summed E-state index contributed by atoms with van der Waals surface area (Å²) in [7, 11) is 1.59. The molecule has 0 amide bonds. The first-order valence-corrected chi connectivity index (χ1v) is 9.69. The number of nitrogens with zero attached hydrogens (tertiary/aromatic N) is 2. The maximum atomic E-state index is 10.5. The minimum Gasteiger partial charge on any atom is -0.481 e. The summed E-state index contributed by atoms with van der Waals surface area (Å²) in [5.74, 6) is 1.24. The smallest absolute Gasteiger partial charge is 0.212 e. The van der Waals surface area contributed by atoms with Crippen LogP contribution in [0.5, 0.6) is 5.88 Å². The van der Waals surface area contributed by atoms with Crippen LogP contribution in [0.15, 0.2) is 53.7 Å². The monoisotopic (exact) mass is 384 g/mol. The number of rotatable bonds is 7. The van der Waals surface area contributed by atoms with Crippen LogP contribution in [-0.2, 0) is 6.54 Å². The second-order valence-corrected chi connectivity index (χ2v) is 7.10. The van der Waals surface area contributed by atoms with Gasteiger partial charge in [0.15, 0.2) is 5.96 Å². The average molecular weight is 385 g/mol. The predicted octanol–water partition coefficient (Wildman–Crippen LogP) is 3.09. The molecule has 2 heterocycles. The minimum atomic E-state index is -0.589. The molecule has 1 unspecified atom stereocenters. The molecule has 142 valence electrons. The molecule has 0 bridgehead atoms. The molecule has 0 fully saturated rings. The maximum absolute atomic E-state index is 10.5. The van der Waals surface area contributed by atoms with Gasteiger partial charge in [0.2, 0.25) is 5.88 Å². The van der Waals surface area contributed by atoms with E-state index >= 15 is 0 Å². The summed E-state index contributed by atoms with van der Waals surface area (Å²) in [6.45, 7) is 3.63. The standard InChI is InChI=1S/C20H24N4O2S/c1-3-21-20(23-12-14-8-9-19(26-2)22-11-14)24-13-16(25)18-10-15-6-4-5-7-17(15)27-18/h4-11,16,25H,3,12-13H2,1-2H3,(H2,21,23,24). The molecule has 3 aromatic rings. The van der Waals surface area contributed by atoms with Crippen molar-refractivity contribution in [3.8, 4) is 5.88 Å². The van der Waals surface area contributed by atoms with Gasteiger partial charge in [-0.2, -0.15) is 0 Å². The quantitative estimate of drug-likeness (QED) is 0.431. The van der Waals surface area contributed by atoms with Crippen molar-refractivity contribution in [1.82, 2.24) is 15.6 Å². The molecule has 2 aromatic heterocycles. The van der Waals surface area contributed by atoms with Gasteiger partial charge in [-0.1, -0.05) is 24.3 Å². The van der Waals surface area contributed by atoms with Crippen molar-refractivity contribution in [2.45, 2.75) is 19.6 Å². The van der Waals surface area contributed by atoms with Crippen molar-refractivity contribution < 1.29 is 9.84 Å². The van der Waals surface area contributed by atoms with Crippen LogP contribution in [0.1, 0.15) is 23.5 Å². The van der Waals surface area contributed by atoms with E-state index in [1.54, 1.807) is 24.6 Å². The molecule has 1 atom stereocenters. The van der Waals surface area contributed by atoms with Gasteiger partial charge in [-0.15, -0.1) is 11.3 Å². The minimum absolute atomic E-state index is 0.388. The summed E-state index contributed by atoms with van der Waals surface area (Å²) in [5.41, 5.74) is 0.984. The summed E-state index contributed by atoms with van der Waals surface area (Å²) < 4.78 is 6.24. The largest absolute Gasteiger partial charge is 0.481 e. The van der Waals surface area contributed by atoms with Gasteiger partial charge < -0.3 is 20.5 Å². The molecule has 0 aliphatic rings. The number of methoxy groups -OCH3 is 1. The van der Waals surface area contributed by atoms with E-state index in [4.69, 9.17) is 4.74 Å². The van der Waals surface area contributed by atoms with E-state index in [1.807, 2.05) is 37.3 Å². The Bertz CT molecular complexity index is 859. The fourth-order valence-electron chi connectivity index (χ4n) is 2.60. The number of fused-ring (bicyclic) bond motifs is 1. The number of aromatic nitrogens is 1. The summed E-state index contributed by atoms with van der Waals surface area (Å²) >= 11 is 1.61. The number of ether oxygens (including phenoxy) is 1. The van der Waals surface area contributed by atoms with E-state index in [0.717, 1.165) is 22.4 Å². The Kier molecular flexibility index (Phi) is 6.62. The van der Waals surface area contributed by atoms with E-state index < -0.39 is 6.10 Å². The predicted molar refractivity (Wildman–Crippen MR) is 110 cm³/mol. The van der Waals surface area contributed by atoms with Crippen LogP contribution in [0.2, 0.25) is 0 Å². The fraction of sp³-hybridized carbons (Fsp3) is 0.300. The van der Waals surface area contributed by atoms with Gasteiger partial charge in [0.05, 0.1) is 13.7 Å². The summed E-state index contributed by atoms with van der Waals surface area (Å²) in [5, 5.41) is 18.1. The van der Waals surface area contributed by atoms with Gasteiger partial charge in [-0.05, 0) is 30.0 Å². The molecule has 0 saturated carbocycles. The number of thiophene rings is 1. The lowest BCUT2D eigenvalue weighted by Gasteiger charge is -2.14. The van der Waals surface area contributed by atoms with Crippen LogP contribution in [0.25, 0.3) is 10.1 Å². The highest BCUT2D eigenvalue weighted by Crippen LogP contribution is 2.29. The number of aliphatic imine (C=N–C) groups is 1. The number of aliphatic hydroxyl groups is 1. The van der Waals surface area contributed by atoms with E-state index in [1.165, 1.54) is 4.70 Å². The van der Waals surface area contributed by atoms with Gasteiger partial charge >= 0.3 is 0 Å². The van der Waals surface area contributed by atoms with Gasteiger partial charge in [0.25, 0.3) is 0 Å². The Morgan fingerprint density at radius 1 is 1.26 bits per heavy atom. The number of benzene rings is 1. The van der Waals surface area contributed by atoms with Crippen molar-refractivity contribution in [3.63, 3.8) is 0 Å². The molecule has 0 aliphatic heterocycles. The third kappa shape index (κ3) is 5.18. The normalized spacial score (nSPS) is 12.8. The fourth-order valence-corrected chi connectivity index (χ4v) is 3.65. The van der Waals surface area contributed by atoms with Crippen LogP contribution in [0.4, 0.5) is 0 Å². The van der Waals surface area contributed by atoms with Crippen molar-refractivity contribution in [1.29, 1.82) is 0 Å². The van der Waals surface area contributed by atoms with Crippen molar-refractivity contribution in [2.75, 3.05) is 20.2 Å². The van der Waals surface area contributed by atoms with Crippen LogP contribution in [-0.4, -0.2) is 36.2 Å². The molecule has 3 N–H and O–H groups in total. The van der Waals surface area contributed by atoms with E-state index in [9.17, 15) is 5.11 Å². The topological polar surface area (TPSA) is 78.8 Å². The van der Waals surface area contributed by atoms with Gasteiger partial charge in [-0.25, -0.2) is 9.98 Å². The molecule has 0 aliphatic carbocycles. The zero-order valence-electron chi connectivity index (χ0n) is 15.5. The zero-order chi connectivity index (χ0) is 19.1. The Hall–Kier alpha value is -2.64. The molecular weight excluding hydrogens is 360 g/mol. The SMILES string of the molecule is CCNC(=NCc1ccc(OC)nc1)NCC(O)c1cc2ccccc2s1. The van der Waals surface area contributed by atoms with Gasteiger partial charge in [0, 0.05) is 34.9 Å². The number of guanidine groups is 1. The first-order chi connectivity index (χ1) is 13.2. The molecule has 6 nitrogen and oxygen atoms in total. The Labute approximate surface area is 162 Å². The Morgan fingerprint density at radius 2 is 2.11 bits per heavy atom. The Morgan fingerprint density at radius 3 is 2.81 bits per heavy atom. The molecule has 0 saturated heterocycles. The molecule has 0 spiro atoms. The molecule has 3 rings (SSSR count). The lowest BCUT2D eigenvalue weighted by molar-refractivity contribution is 0.184. The van der Waals surface area contributed by atoms with E-state index in [0.29, 0.717) is 24.9 Å². The second kappa shape index (κ2) is 9.34.